The molecule has 1 unspecified atom stereocenters. The summed E-state index contributed by atoms with van der Waals surface area (Å²) in [5.41, 5.74) is 0. The number of amides is 1. The fourth-order valence-electron chi connectivity index (χ4n) is 3.66. The number of nitrogens with one attached hydrogen (secondary N) is 1. The van der Waals surface area contributed by atoms with Crippen molar-refractivity contribution < 1.29 is 4.79 Å². The third kappa shape index (κ3) is 4.27. The van der Waals surface area contributed by atoms with Crippen molar-refractivity contribution in [2.24, 2.45) is 11.8 Å². The van der Waals surface area contributed by atoms with Crippen LogP contribution in [0.3, 0.4) is 0 Å². The highest BCUT2D eigenvalue weighted by Crippen LogP contribution is 2.32. The van der Waals surface area contributed by atoms with Crippen molar-refractivity contribution >= 4 is 5.91 Å². The van der Waals surface area contributed by atoms with Crippen molar-refractivity contribution in [3.8, 4) is 0 Å². The molecule has 1 saturated heterocycles. The third-order valence-electron chi connectivity index (χ3n) is 4.64. The Morgan fingerprint density at radius 2 is 1.83 bits per heavy atom. The molecule has 2 aliphatic rings. The van der Waals surface area contributed by atoms with Gasteiger partial charge in [-0.3, -0.25) is 9.69 Å². The van der Waals surface area contributed by atoms with Gasteiger partial charge in [0, 0.05) is 13.6 Å². The summed E-state index contributed by atoms with van der Waals surface area (Å²) in [6.07, 6.45) is 11.3. The van der Waals surface area contributed by atoms with Crippen LogP contribution in [0.4, 0.5) is 0 Å². The molecule has 1 saturated carbocycles. The molecule has 1 heterocycles. The van der Waals surface area contributed by atoms with Gasteiger partial charge < -0.3 is 5.32 Å². The Labute approximate surface area is 111 Å². The zero-order chi connectivity index (χ0) is 12.8. The average molecular weight is 252 g/mol. The lowest BCUT2D eigenvalue weighted by Gasteiger charge is -2.34. The van der Waals surface area contributed by atoms with Gasteiger partial charge in [0.05, 0.1) is 6.54 Å². The van der Waals surface area contributed by atoms with Crippen LogP contribution in [0.15, 0.2) is 0 Å². The maximum Gasteiger partial charge on any atom is 0.233 e. The predicted molar refractivity (Wildman–Crippen MR) is 74.4 cm³/mol. The summed E-state index contributed by atoms with van der Waals surface area (Å²) in [6, 6.07) is 0. The fourth-order valence-corrected chi connectivity index (χ4v) is 3.66. The summed E-state index contributed by atoms with van der Waals surface area (Å²) >= 11 is 0. The monoisotopic (exact) mass is 252 g/mol. The van der Waals surface area contributed by atoms with Crippen molar-refractivity contribution in [3.63, 3.8) is 0 Å². The molecule has 0 aromatic rings. The molecule has 2 rings (SSSR count). The first-order chi connectivity index (χ1) is 8.78. The van der Waals surface area contributed by atoms with Crippen LogP contribution in [-0.4, -0.2) is 37.5 Å². The maximum absolute atomic E-state index is 11.4. The summed E-state index contributed by atoms with van der Waals surface area (Å²) in [4.78, 5) is 13.8. The molecule has 1 atom stereocenters. The van der Waals surface area contributed by atoms with Crippen LogP contribution in [0.25, 0.3) is 0 Å². The van der Waals surface area contributed by atoms with Crippen LogP contribution in [0.2, 0.25) is 0 Å². The van der Waals surface area contributed by atoms with Gasteiger partial charge in [0.1, 0.15) is 0 Å². The topological polar surface area (TPSA) is 32.3 Å². The van der Waals surface area contributed by atoms with Crippen LogP contribution in [0.1, 0.15) is 51.4 Å². The number of carbonyl (C=O) groups excluding carboxylic acids is 1. The minimum Gasteiger partial charge on any atom is -0.358 e. The quantitative estimate of drug-likeness (QED) is 0.833. The van der Waals surface area contributed by atoms with E-state index in [2.05, 4.69) is 10.2 Å². The molecule has 0 aromatic carbocycles. The Kier molecular flexibility index (Phi) is 5.48. The van der Waals surface area contributed by atoms with Gasteiger partial charge in [-0.05, 0) is 37.6 Å². The Balaban J connectivity index is 1.73. The number of piperidine rings is 1. The molecule has 18 heavy (non-hydrogen) atoms. The van der Waals surface area contributed by atoms with E-state index in [1.165, 1.54) is 51.4 Å². The molecule has 3 nitrogen and oxygen atoms in total. The molecule has 0 aromatic heterocycles. The number of likely N-dealkylation sites (N-methyl/N-ethyl adjacent to an activating group) is 1. The Morgan fingerprint density at radius 1 is 1.11 bits per heavy atom. The zero-order valence-electron chi connectivity index (χ0n) is 11.8. The second-order valence-electron chi connectivity index (χ2n) is 6.16. The van der Waals surface area contributed by atoms with Gasteiger partial charge in [0.15, 0.2) is 0 Å². The number of carbonyl (C=O) groups is 1. The molecule has 0 spiro atoms. The third-order valence-corrected chi connectivity index (χ3v) is 4.64. The van der Waals surface area contributed by atoms with E-state index in [0.29, 0.717) is 6.54 Å². The molecule has 104 valence electrons. The Hall–Kier alpha value is -0.570. The molecule has 1 amide bonds. The standard InChI is InChI=1S/C15H28N2O/c1-16-15(18)12-17-9-5-8-14(11-17)10-13-6-3-2-4-7-13/h13-14H,2-12H2,1H3,(H,16,18). The number of rotatable bonds is 4. The van der Waals surface area contributed by atoms with Gasteiger partial charge in [-0.2, -0.15) is 0 Å². The largest absolute Gasteiger partial charge is 0.358 e. The molecule has 0 radical (unpaired) electrons. The van der Waals surface area contributed by atoms with E-state index < -0.39 is 0 Å². The number of hydrogen-bond donors (Lipinski definition) is 1. The molecule has 3 heteroatoms. The van der Waals surface area contributed by atoms with Gasteiger partial charge >= 0.3 is 0 Å². The van der Waals surface area contributed by atoms with Gasteiger partial charge in [-0.1, -0.05) is 32.1 Å². The van der Waals surface area contributed by atoms with Crippen molar-refractivity contribution in [1.82, 2.24) is 10.2 Å². The second kappa shape index (κ2) is 7.13. The van der Waals surface area contributed by atoms with Crippen LogP contribution >= 0.6 is 0 Å². The van der Waals surface area contributed by atoms with Crippen LogP contribution in [-0.2, 0) is 4.79 Å². The van der Waals surface area contributed by atoms with E-state index in [9.17, 15) is 4.79 Å². The predicted octanol–water partition coefficient (Wildman–Crippen LogP) is 2.41. The first-order valence-corrected chi connectivity index (χ1v) is 7.71. The van der Waals surface area contributed by atoms with Gasteiger partial charge in [-0.15, -0.1) is 0 Å². The smallest absolute Gasteiger partial charge is 0.233 e. The minimum atomic E-state index is 0.160. The average Bonchev–Trinajstić information content (AvgIpc) is 2.40. The number of hydrogen-bond acceptors (Lipinski definition) is 2. The Bertz CT molecular complexity index is 261. The van der Waals surface area contributed by atoms with Crippen molar-refractivity contribution in [2.45, 2.75) is 51.4 Å². The number of likely N-dealkylation sites (tertiary alicyclic amines) is 1. The maximum atomic E-state index is 11.4. The van der Waals surface area contributed by atoms with E-state index in [1.54, 1.807) is 7.05 Å². The molecular formula is C15H28N2O. The minimum absolute atomic E-state index is 0.160. The Morgan fingerprint density at radius 3 is 2.56 bits per heavy atom. The van der Waals surface area contributed by atoms with E-state index >= 15 is 0 Å². The number of nitrogens with zero attached hydrogens (tertiary/aromatic N) is 1. The van der Waals surface area contributed by atoms with Crippen LogP contribution in [0, 0.1) is 11.8 Å². The lowest BCUT2D eigenvalue weighted by molar-refractivity contribution is -0.122. The first-order valence-electron chi connectivity index (χ1n) is 7.71. The van der Waals surface area contributed by atoms with E-state index in [4.69, 9.17) is 0 Å². The molecule has 1 aliphatic carbocycles. The highest BCUT2D eigenvalue weighted by atomic mass is 16.1. The SMILES string of the molecule is CNC(=O)CN1CCCC(CC2CCCCC2)C1. The molecule has 1 aliphatic heterocycles. The second-order valence-corrected chi connectivity index (χ2v) is 6.16. The van der Waals surface area contributed by atoms with E-state index in [0.717, 1.165) is 24.9 Å². The van der Waals surface area contributed by atoms with Crippen LogP contribution < -0.4 is 5.32 Å². The lowest BCUT2D eigenvalue weighted by Crippen LogP contribution is -2.42. The molecule has 0 bridgehead atoms. The fraction of sp³-hybridized carbons (Fsp3) is 0.933. The summed E-state index contributed by atoms with van der Waals surface area (Å²) in [5, 5.41) is 2.73. The summed E-state index contributed by atoms with van der Waals surface area (Å²) in [5.74, 6) is 1.98. The normalized spacial score (nSPS) is 27.1. The first kappa shape index (κ1) is 13.9. The van der Waals surface area contributed by atoms with E-state index in [-0.39, 0.29) is 5.91 Å². The van der Waals surface area contributed by atoms with Crippen molar-refractivity contribution in [2.75, 3.05) is 26.7 Å². The lowest BCUT2D eigenvalue weighted by atomic mass is 9.80. The van der Waals surface area contributed by atoms with Crippen LogP contribution in [0.5, 0.6) is 0 Å². The zero-order valence-corrected chi connectivity index (χ0v) is 11.8. The summed E-state index contributed by atoms with van der Waals surface area (Å²) < 4.78 is 0. The van der Waals surface area contributed by atoms with Gasteiger partial charge in [-0.25, -0.2) is 0 Å². The van der Waals surface area contributed by atoms with E-state index in [1.807, 2.05) is 0 Å². The van der Waals surface area contributed by atoms with Gasteiger partial charge in [0.2, 0.25) is 5.91 Å². The molecular weight excluding hydrogens is 224 g/mol. The molecule has 1 N–H and O–H groups in total. The van der Waals surface area contributed by atoms with Crippen molar-refractivity contribution in [3.05, 3.63) is 0 Å². The van der Waals surface area contributed by atoms with Gasteiger partial charge in [0.25, 0.3) is 0 Å². The highest BCUT2D eigenvalue weighted by Gasteiger charge is 2.24. The highest BCUT2D eigenvalue weighted by molar-refractivity contribution is 5.77. The van der Waals surface area contributed by atoms with Crippen molar-refractivity contribution in [1.29, 1.82) is 0 Å². The molecule has 2 fully saturated rings. The summed E-state index contributed by atoms with van der Waals surface area (Å²) in [6.45, 7) is 2.84. The summed E-state index contributed by atoms with van der Waals surface area (Å²) in [7, 11) is 1.73.